The third kappa shape index (κ3) is 4.39. The van der Waals surface area contributed by atoms with Crippen molar-refractivity contribution < 1.29 is 4.42 Å². The molecule has 2 nitrogen and oxygen atoms in total. The molecule has 0 unspecified atom stereocenters. The highest BCUT2D eigenvalue weighted by Gasteiger charge is 2.37. The van der Waals surface area contributed by atoms with E-state index in [4.69, 9.17) is 4.42 Å². The van der Waals surface area contributed by atoms with Crippen molar-refractivity contribution in [3.63, 3.8) is 0 Å². The number of fused-ring (bicyclic) bond motifs is 11. The van der Waals surface area contributed by atoms with Crippen LogP contribution in [0.4, 0.5) is 17.1 Å². The molecule has 0 aliphatic heterocycles. The molecule has 0 atom stereocenters. The van der Waals surface area contributed by atoms with Crippen LogP contribution in [0.3, 0.4) is 0 Å². The molecule has 0 fully saturated rings. The lowest BCUT2D eigenvalue weighted by molar-refractivity contribution is 0.660. The molecule has 2 heteroatoms. The van der Waals surface area contributed by atoms with Gasteiger partial charge in [-0.3, -0.25) is 0 Å². The van der Waals surface area contributed by atoms with Crippen LogP contribution in [0.2, 0.25) is 0 Å². The van der Waals surface area contributed by atoms with E-state index in [2.05, 4.69) is 183 Å². The smallest absolute Gasteiger partial charge is 0.137 e. The van der Waals surface area contributed by atoms with Crippen molar-refractivity contribution in [2.45, 2.75) is 19.3 Å². The minimum Gasteiger partial charge on any atom is -0.456 e. The first kappa shape index (κ1) is 30.0. The number of hydrogen-bond donors (Lipinski definition) is 0. The SMILES string of the molecule is CC1(C)c2ccccc2-c2c(N(c3ccc(-c4cc5c6ccccc6ccc5c5ccccc45)cc3)c3ccc4c(c3)oc3ccccc34)cccc21. The third-order valence-electron chi connectivity index (χ3n) is 11.7. The summed E-state index contributed by atoms with van der Waals surface area (Å²) >= 11 is 0. The van der Waals surface area contributed by atoms with Gasteiger partial charge in [-0.2, -0.15) is 0 Å². The zero-order valence-electron chi connectivity index (χ0n) is 29.6. The first-order valence-corrected chi connectivity index (χ1v) is 18.4. The summed E-state index contributed by atoms with van der Waals surface area (Å²) in [7, 11) is 0. The van der Waals surface area contributed by atoms with Gasteiger partial charge in [0, 0.05) is 39.2 Å². The molecular formula is C51H35NO. The summed E-state index contributed by atoms with van der Waals surface area (Å²) in [6.45, 7) is 4.69. The van der Waals surface area contributed by atoms with Gasteiger partial charge in [-0.05, 0) is 103 Å². The largest absolute Gasteiger partial charge is 0.456 e. The number of hydrogen-bond acceptors (Lipinski definition) is 2. The first-order valence-electron chi connectivity index (χ1n) is 18.4. The van der Waals surface area contributed by atoms with Gasteiger partial charge in [0.2, 0.25) is 0 Å². The van der Waals surface area contributed by atoms with E-state index < -0.39 is 0 Å². The van der Waals surface area contributed by atoms with Crippen molar-refractivity contribution in [3.05, 3.63) is 187 Å². The van der Waals surface area contributed by atoms with Crippen LogP contribution in [0, 0.1) is 0 Å². The second-order valence-corrected chi connectivity index (χ2v) is 14.9. The van der Waals surface area contributed by atoms with E-state index in [1.54, 1.807) is 0 Å². The van der Waals surface area contributed by atoms with E-state index in [1.165, 1.54) is 65.7 Å². The fourth-order valence-corrected chi connectivity index (χ4v) is 9.09. The summed E-state index contributed by atoms with van der Waals surface area (Å²) in [6, 6.07) is 64.3. The van der Waals surface area contributed by atoms with E-state index in [-0.39, 0.29) is 5.41 Å². The van der Waals surface area contributed by atoms with Crippen LogP contribution in [0.1, 0.15) is 25.0 Å². The average molecular weight is 678 g/mol. The Hall–Kier alpha value is -6.64. The van der Waals surface area contributed by atoms with Gasteiger partial charge < -0.3 is 9.32 Å². The predicted molar refractivity (Wildman–Crippen MR) is 224 cm³/mol. The highest BCUT2D eigenvalue weighted by Crippen LogP contribution is 2.54. The Kier molecular flexibility index (Phi) is 6.33. The lowest BCUT2D eigenvalue weighted by Gasteiger charge is -2.29. The Morgan fingerprint density at radius 1 is 0.415 bits per heavy atom. The second kappa shape index (κ2) is 11.2. The molecule has 9 aromatic carbocycles. The van der Waals surface area contributed by atoms with Gasteiger partial charge in [0.1, 0.15) is 11.2 Å². The molecule has 0 saturated carbocycles. The number of anilines is 3. The predicted octanol–water partition coefficient (Wildman–Crippen LogP) is 14.5. The van der Waals surface area contributed by atoms with Gasteiger partial charge in [0.05, 0.1) is 5.69 Å². The van der Waals surface area contributed by atoms with Crippen LogP contribution < -0.4 is 4.90 Å². The summed E-state index contributed by atoms with van der Waals surface area (Å²) in [5, 5.41) is 9.90. The quantitative estimate of drug-likeness (QED) is 0.172. The minimum absolute atomic E-state index is 0.110. The summed E-state index contributed by atoms with van der Waals surface area (Å²) in [6.07, 6.45) is 0. The number of benzene rings is 9. The summed E-state index contributed by atoms with van der Waals surface area (Å²) in [4.78, 5) is 2.42. The van der Waals surface area contributed by atoms with E-state index in [9.17, 15) is 0 Å². The van der Waals surface area contributed by atoms with Crippen LogP contribution in [-0.4, -0.2) is 0 Å². The van der Waals surface area contributed by atoms with Gasteiger partial charge in [0.15, 0.2) is 0 Å². The van der Waals surface area contributed by atoms with Crippen LogP contribution in [0.15, 0.2) is 180 Å². The van der Waals surface area contributed by atoms with Gasteiger partial charge in [0.25, 0.3) is 0 Å². The van der Waals surface area contributed by atoms with Crippen LogP contribution in [-0.2, 0) is 5.41 Å². The monoisotopic (exact) mass is 677 g/mol. The molecule has 10 aromatic rings. The van der Waals surface area contributed by atoms with Crippen molar-refractivity contribution in [2.24, 2.45) is 0 Å². The Morgan fingerprint density at radius 3 is 1.92 bits per heavy atom. The standard InChI is InChI=1S/C51H35NO/c1-51(2)45-18-9-7-17-42(45)50-46(51)19-11-20-47(50)52(35-27-29-41-40-16-8-10-21-48(40)53-49(41)30-35)34-25-22-33(23-26-34)43-31-44-36-13-4-3-12-32(36)24-28-39(44)37-14-5-6-15-38(37)43/h3-31H,1-2H3. The molecule has 0 amide bonds. The molecule has 0 spiro atoms. The van der Waals surface area contributed by atoms with Crippen LogP contribution >= 0.6 is 0 Å². The van der Waals surface area contributed by atoms with Crippen molar-refractivity contribution in [1.29, 1.82) is 0 Å². The normalized spacial score (nSPS) is 13.2. The van der Waals surface area contributed by atoms with Gasteiger partial charge >= 0.3 is 0 Å². The minimum atomic E-state index is -0.110. The lowest BCUT2D eigenvalue weighted by Crippen LogP contribution is -2.16. The lowest BCUT2D eigenvalue weighted by atomic mass is 9.82. The van der Waals surface area contributed by atoms with E-state index >= 15 is 0 Å². The highest BCUT2D eigenvalue weighted by molar-refractivity contribution is 6.21. The van der Waals surface area contributed by atoms with Gasteiger partial charge in [-0.1, -0.05) is 141 Å². The second-order valence-electron chi connectivity index (χ2n) is 14.9. The molecule has 1 heterocycles. The van der Waals surface area contributed by atoms with Crippen LogP contribution in [0.5, 0.6) is 0 Å². The van der Waals surface area contributed by atoms with Crippen molar-refractivity contribution in [1.82, 2.24) is 0 Å². The van der Waals surface area contributed by atoms with E-state index in [0.717, 1.165) is 39.0 Å². The summed E-state index contributed by atoms with van der Waals surface area (Å²) in [5.74, 6) is 0. The number of furan rings is 1. The molecule has 1 aromatic heterocycles. The molecule has 0 bridgehead atoms. The molecule has 0 N–H and O–H groups in total. The molecule has 1 aliphatic rings. The number of nitrogens with zero attached hydrogens (tertiary/aromatic N) is 1. The molecular weight excluding hydrogens is 643 g/mol. The van der Waals surface area contributed by atoms with Gasteiger partial charge in [-0.25, -0.2) is 0 Å². The Bertz CT molecular complexity index is 3090. The molecule has 53 heavy (non-hydrogen) atoms. The average Bonchev–Trinajstić information content (AvgIpc) is 3.69. The topological polar surface area (TPSA) is 16.4 Å². The third-order valence-corrected chi connectivity index (χ3v) is 11.7. The van der Waals surface area contributed by atoms with Crippen molar-refractivity contribution >= 4 is 71.3 Å². The van der Waals surface area contributed by atoms with Crippen molar-refractivity contribution in [3.8, 4) is 22.3 Å². The molecule has 0 saturated heterocycles. The molecule has 250 valence electrons. The molecule has 1 aliphatic carbocycles. The first-order chi connectivity index (χ1) is 26.0. The van der Waals surface area contributed by atoms with E-state index in [0.29, 0.717) is 0 Å². The Balaban J connectivity index is 1.13. The molecule has 0 radical (unpaired) electrons. The van der Waals surface area contributed by atoms with Crippen molar-refractivity contribution in [2.75, 3.05) is 4.90 Å². The maximum Gasteiger partial charge on any atom is 0.137 e. The summed E-state index contributed by atoms with van der Waals surface area (Å²) in [5.41, 5.74) is 12.7. The van der Waals surface area contributed by atoms with Gasteiger partial charge in [-0.15, -0.1) is 0 Å². The number of rotatable bonds is 4. The Labute approximate surface area is 308 Å². The maximum absolute atomic E-state index is 6.45. The maximum atomic E-state index is 6.45. The zero-order chi connectivity index (χ0) is 35.3. The highest BCUT2D eigenvalue weighted by atomic mass is 16.3. The summed E-state index contributed by atoms with van der Waals surface area (Å²) < 4.78 is 6.45. The van der Waals surface area contributed by atoms with Crippen LogP contribution in [0.25, 0.3) is 76.5 Å². The zero-order valence-corrected chi connectivity index (χ0v) is 29.6. The Morgan fingerprint density at radius 2 is 1.06 bits per heavy atom. The number of para-hydroxylation sites is 1. The molecule has 11 rings (SSSR count). The fourth-order valence-electron chi connectivity index (χ4n) is 9.09. The fraction of sp³-hybridized carbons (Fsp3) is 0.0588. The van der Waals surface area contributed by atoms with E-state index in [1.807, 2.05) is 12.1 Å².